The van der Waals surface area contributed by atoms with Crippen LogP contribution >= 0.6 is 11.3 Å². The molecule has 0 fully saturated rings. The maximum Gasteiger partial charge on any atom is 0.335 e. The van der Waals surface area contributed by atoms with Gasteiger partial charge in [0.15, 0.2) is 0 Å². The van der Waals surface area contributed by atoms with Crippen molar-refractivity contribution in [3.8, 4) is 22.0 Å². The number of thiazole rings is 1. The maximum atomic E-state index is 11.0. The summed E-state index contributed by atoms with van der Waals surface area (Å²) in [5, 5.41) is 15.8. The molecule has 0 amide bonds. The van der Waals surface area contributed by atoms with Gasteiger partial charge < -0.3 is 5.11 Å². The van der Waals surface area contributed by atoms with E-state index in [0.29, 0.717) is 10.7 Å². The molecule has 0 spiro atoms. The van der Waals surface area contributed by atoms with Crippen molar-refractivity contribution in [3.05, 3.63) is 41.7 Å². The van der Waals surface area contributed by atoms with Crippen LogP contribution in [0.15, 0.2) is 36.1 Å². The standard InChI is InChI=1S/C14H12N4O2S/c1-2-18-7-10(6-16-18)12-8-21-13(17-12)11-5-9(14(19)20)3-4-15-11/h3-8H,2H2,1H3,(H,19,20). The molecule has 106 valence electrons. The van der Waals surface area contributed by atoms with E-state index in [-0.39, 0.29) is 5.56 Å². The molecule has 0 aliphatic heterocycles. The van der Waals surface area contributed by atoms with E-state index in [1.807, 2.05) is 23.2 Å². The number of carboxylic acid groups (broad SMARTS) is 1. The lowest BCUT2D eigenvalue weighted by Gasteiger charge is -1.97. The van der Waals surface area contributed by atoms with Crippen LogP contribution in [0.1, 0.15) is 17.3 Å². The van der Waals surface area contributed by atoms with Gasteiger partial charge in [-0.1, -0.05) is 0 Å². The Balaban J connectivity index is 1.94. The first-order valence-electron chi connectivity index (χ1n) is 6.35. The molecular formula is C14H12N4O2S. The summed E-state index contributed by atoms with van der Waals surface area (Å²) in [6.45, 7) is 2.82. The molecule has 6 nitrogen and oxygen atoms in total. The summed E-state index contributed by atoms with van der Waals surface area (Å²) in [7, 11) is 0. The van der Waals surface area contributed by atoms with E-state index in [9.17, 15) is 4.79 Å². The highest BCUT2D eigenvalue weighted by atomic mass is 32.1. The predicted octanol–water partition coefficient (Wildman–Crippen LogP) is 2.79. The van der Waals surface area contributed by atoms with Crippen LogP contribution in [-0.4, -0.2) is 30.8 Å². The molecule has 0 aliphatic carbocycles. The third kappa shape index (κ3) is 2.68. The van der Waals surface area contributed by atoms with E-state index in [0.717, 1.165) is 17.8 Å². The lowest BCUT2D eigenvalue weighted by atomic mass is 10.2. The molecule has 0 saturated carbocycles. The van der Waals surface area contributed by atoms with Gasteiger partial charge in [-0.15, -0.1) is 11.3 Å². The summed E-state index contributed by atoms with van der Waals surface area (Å²) in [5.41, 5.74) is 2.52. The lowest BCUT2D eigenvalue weighted by Crippen LogP contribution is -1.97. The topological polar surface area (TPSA) is 80.9 Å². The minimum atomic E-state index is -0.973. The highest BCUT2D eigenvalue weighted by molar-refractivity contribution is 7.13. The molecule has 7 heteroatoms. The fraction of sp³-hybridized carbons (Fsp3) is 0.143. The fourth-order valence-electron chi connectivity index (χ4n) is 1.87. The van der Waals surface area contributed by atoms with Gasteiger partial charge in [0.2, 0.25) is 0 Å². The van der Waals surface area contributed by atoms with Gasteiger partial charge >= 0.3 is 5.97 Å². The molecule has 0 saturated heterocycles. The van der Waals surface area contributed by atoms with Crippen LogP contribution in [-0.2, 0) is 6.54 Å². The predicted molar refractivity (Wildman–Crippen MR) is 79.2 cm³/mol. The molecule has 0 bridgehead atoms. The molecule has 0 radical (unpaired) electrons. The van der Waals surface area contributed by atoms with E-state index in [1.165, 1.54) is 29.7 Å². The number of carbonyl (C=O) groups is 1. The van der Waals surface area contributed by atoms with E-state index >= 15 is 0 Å². The van der Waals surface area contributed by atoms with Gasteiger partial charge in [-0.25, -0.2) is 9.78 Å². The zero-order chi connectivity index (χ0) is 14.8. The number of hydrogen-bond acceptors (Lipinski definition) is 5. The number of aromatic nitrogens is 4. The van der Waals surface area contributed by atoms with E-state index in [1.54, 1.807) is 6.20 Å². The van der Waals surface area contributed by atoms with Crippen LogP contribution in [0, 0.1) is 0 Å². The molecule has 3 heterocycles. The zero-order valence-corrected chi connectivity index (χ0v) is 12.0. The zero-order valence-electron chi connectivity index (χ0n) is 11.2. The van der Waals surface area contributed by atoms with Crippen molar-refractivity contribution in [3.63, 3.8) is 0 Å². The fourth-order valence-corrected chi connectivity index (χ4v) is 2.67. The van der Waals surface area contributed by atoms with Gasteiger partial charge in [0.1, 0.15) is 5.01 Å². The molecule has 3 aromatic rings. The number of aromatic carboxylic acids is 1. The molecule has 0 aromatic carbocycles. The van der Waals surface area contributed by atoms with E-state index in [2.05, 4.69) is 15.1 Å². The van der Waals surface area contributed by atoms with Crippen molar-refractivity contribution in [2.75, 3.05) is 0 Å². The van der Waals surface area contributed by atoms with Crippen LogP contribution in [0.4, 0.5) is 0 Å². The third-order valence-electron chi connectivity index (χ3n) is 2.98. The van der Waals surface area contributed by atoms with E-state index < -0.39 is 5.97 Å². The van der Waals surface area contributed by atoms with Gasteiger partial charge in [0.05, 0.1) is 23.1 Å². The Morgan fingerprint density at radius 2 is 2.29 bits per heavy atom. The largest absolute Gasteiger partial charge is 0.478 e. The first kappa shape index (κ1) is 13.4. The molecule has 21 heavy (non-hydrogen) atoms. The average molecular weight is 300 g/mol. The maximum absolute atomic E-state index is 11.0. The van der Waals surface area contributed by atoms with Crippen molar-refractivity contribution in [1.29, 1.82) is 0 Å². The molecule has 3 rings (SSSR count). The van der Waals surface area contributed by atoms with E-state index in [4.69, 9.17) is 5.11 Å². The second-order valence-electron chi connectivity index (χ2n) is 4.36. The summed E-state index contributed by atoms with van der Waals surface area (Å²) in [4.78, 5) is 19.7. The van der Waals surface area contributed by atoms with Gasteiger partial charge in [0.25, 0.3) is 0 Å². The van der Waals surface area contributed by atoms with Gasteiger partial charge in [-0.05, 0) is 19.1 Å². The number of hydrogen-bond donors (Lipinski definition) is 1. The van der Waals surface area contributed by atoms with Crippen molar-refractivity contribution in [1.82, 2.24) is 19.7 Å². The first-order chi connectivity index (χ1) is 10.2. The number of pyridine rings is 1. The van der Waals surface area contributed by atoms with Crippen molar-refractivity contribution in [2.24, 2.45) is 0 Å². The Labute approximate surface area is 124 Å². The number of carboxylic acids is 1. The van der Waals surface area contributed by atoms with Crippen LogP contribution in [0.25, 0.3) is 22.0 Å². The van der Waals surface area contributed by atoms with Gasteiger partial charge in [-0.3, -0.25) is 9.67 Å². The van der Waals surface area contributed by atoms with Crippen LogP contribution in [0.3, 0.4) is 0 Å². The Hall–Kier alpha value is -2.54. The average Bonchev–Trinajstić information content (AvgIpc) is 3.16. The molecule has 0 unspecified atom stereocenters. The first-order valence-corrected chi connectivity index (χ1v) is 7.23. The summed E-state index contributed by atoms with van der Waals surface area (Å²) in [6.07, 6.45) is 5.18. The molecular weight excluding hydrogens is 288 g/mol. The van der Waals surface area contributed by atoms with Crippen LogP contribution in [0.2, 0.25) is 0 Å². The molecule has 1 N–H and O–H groups in total. The highest BCUT2D eigenvalue weighted by Crippen LogP contribution is 2.27. The second kappa shape index (κ2) is 5.45. The minimum Gasteiger partial charge on any atom is -0.478 e. The SMILES string of the molecule is CCn1cc(-c2csc(-c3cc(C(=O)O)ccn3)n2)cn1. The molecule has 0 aliphatic rings. The summed E-state index contributed by atoms with van der Waals surface area (Å²) in [5.74, 6) is -0.973. The number of nitrogens with zero attached hydrogens (tertiary/aromatic N) is 4. The summed E-state index contributed by atoms with van der Waals surface area (Å²) in [6, 6.07) is 2.99. The Morgan fingerprint density at radius 3 is 3.00 bits per heavy atom. The lowest BCUT2D eigenvalue weighted by molar-refractivity contribution is 0.0697. The number of aryl methyl sites for hydroxylation is 1. The second-order valence-corrected chi connectivity index (χ2v) is 5.22. The minimum absolute atomic E-state index is 0.204. The van der Waals surface area contributed by atoms with Gasteiger partial charge in [-0.2, -0.15) is 5.10 Å². The van der Waals surface area contributed by atoms with Crippen LogP contribution < -0.4 is 0 Å². The molecule has 3 aromatic heterocycles. The Morgan fingerprint density at radius 1 is 1.43 bits per heavy atom. The van der Waals surface area contributed by atoms with Crippen molar-refractivity contribution >= 4 is 17.3 Å². The normalized spacial score (nSPS) is 10.7. The smallest absolute Gasteiger partial charge is 0.335 e. The summed E-state index contributed by atoms with van der Waals surface area (Å²) >= 11 is 1.43. The van der Waals surface area contributed by atoms with Gasteiger partial charge in [0, 0.05) is 29.9 Å². The monoisotopic (exact) mass is 300 g/mol. The highest BCUT2D eigenvalue weighted by Gasteiger charge is 2.11. The van der Waals surface area contributed by atoms with Crippen LogP contribution in [0.5, 0.6) is 0 Å². The quantitative estimate of drug-likeness (QED) is 0.801. The van der Waals surface area contributed by atoms with Crippen molar-refractivity contribution < 1.29 is 9.90 Å². The Kier molecular flexibility index (Phi) is 3.49. The molecule has 0 atom stereocenters. The Bertz CT molecular complexity index is 794. The van der Waals surface area contributed by atoms with Crippen molar-refractivity contribution in [2.45, 2.75) is 13.5 Å². The number of rotatable bonds is 4. The summed E-state index contributed by atoms with van der Waals surface area (Å²) < 4.78 is 1.83. The third-order valence-corrected chi connectivity index (χ3v) is 3.85.